The van der Waals surface area contributed by atoms with E-state index in [-0.39, 0.29) is 29.7 Å². The van der Waals surface area contributed by atoms with Gasteiger partial charge in [0.05, 0.1) is 11.3 Å². The van der Waals surface area contributed by atoms with Crippen LogP contribution in [0.2, 0.25) is 0 Å². The smallest absolute Gasteiger partial charge is 0.313 e. The van der Waals surface area contributed by atoms with Crippen molar-refractivity contribution in [2.75, 3.05) is 0 Å². The van der Waals surface area contributed by atoms with Crippen molar-refractivity contribution < 1.29 is 13.2 Å². The van der Waals surface area contributed by atoms with Gasteiger partial charge in [-0.05, 0) is 36.7 Å². The summed E-state index contributed by atoms with van der Waals surface area (Å²) in [5, 5.41) is 4.39. The predicted molar refractivity (Wildman–Crippen MR) is 102 cm³/mol. The first-order chi connectivity index (χ1) is 14.3. The van der Waals surface area contributed by atoms with Gasteiger partial charge in [-0.3, -0.25) is 9.78 Å². The van der Waals surface area contributed by atoms with Crippen molar-refractivity contribution in [3.63, 3.8) is 0 Å². The highest BCUT2D eigenvalue weighted by Crippen LogP contribution is 2.56. The Morgan fingerprint density at radius 1 is 1.23 bits per heavy atom. The number of aromatic nitrogens is 5. The molecule has 3 atom stereocenters. The first-order valence-corrected chi connectivity index (χ1v) is 9.42. The largest absolute Gasteiger partial charge is 0.412 e. The molecule has 1 fully saturated rings. The third-order valence-corrected chi connectivity index (χ3v) is 5.75. The van der Waals surface area contributed by atoms with E-state index >= 15 is 0 Å². The molecule has 2 aliphatic rings. The Hall–Kier alpha value is -3.43. The Morgan fingerprint density at radius 2 is 2.07 bits per heavy atom. The van der Waals surface area contributed by atoms with Gasteiger partial charge in [0, 0.05) is 29.7 Å². The summed E-state index contributed by atoms with van der Waals surface area (Å²) >= 11 is 0. The fraction of sp³-hybridized carbons (Fsp3) is 0.300. The van der Waals surface area contributed by atoms with Gasteiger partial charge in [-0.2, -0.15) is 18.3 Å². The van der Waals surface area contributed by atoms with Crippen LogP contribution in [0.1, 0.15) is 24.3 Å². The van der Waals surface area contributed by atoms with Crippen molar-refractivity contribution in [2.45, 2.75) is 24.9 Å². The fourth-order valence-electron chi connectivity index (χ4n) is 4.20. The summed E-state index contributed by atoms with van der Waals surface area (Å²) in [4.78, 5) is 32.4. The number of aromatic amines is 2. The summed E-state index contributed by atoms with van der Waals surface area (Å²) < 4.78 is 40.9. The minimum Gasteiger partial charge on any atom is -0.313 e. The predicted octanol–water partition coefficient (Wildman–Crippen LogP) is 2.94. The summed E-state index contributed by atoms with van der Waals surface area (Å²) in [6.45, 7) is 0. The van der Waals surface area contributed by atoms with Crippen LogP contribution in [0.15, 0.2) is 58.0 Å². The minimum atomic E-state index is -4.32. The maximum absolute atomic E-state index is 13.1. The first-order valence-electron chi connectivity index (χ1n) is 9.42. The number of allylic oxidation sites excluding steroid dienone is 4. The molecule has 0 aliphatic heterocycles. The van der Waals surface area contributed by atoms with Crippen LogP contribution in [-0.2, 0) is 0 Å². The van der Waals surface area contributed by atoms with Crippen molar-refractivity contribution in [1.29, 1.82) is 0 Å². The third-order valence-electron chi connectivity index (χ3n) is 5.75. The number of nitrogens with one attached hydrogen (secondary N) is 2. The molecule has 154 valence electrons. The molecule has 0 aromatic carbocycles. The van der Waals surface area contributed by atoms with Gasteiger partial charge in [0.25, 0.3) is 5.56 Å². The van der Waals surface area contributed by atoms with Gasteiger partial charge in [0.1, 0.15) is 0 Å². The molecule has 2 aliphatic carbocycles. The Morgan fingerprint density at radius 3 is 2.83 bits per heavy atom. The molecule has 3 heterocycles. The molecule has 0 radical (unpaired) electrons. The SMILES string of the molecule is O=c1[nH]cc(-c2cc([C@@H]3C[C@H]3C3C=CC=C(C(F)(F)F)C3)c3nccn3n2)c(=O)[nH]1. The molecule has 10 heteroatoms. The zero-order valence-electron chi connectivity index (χ0n) is 15.5. The van der Waals surface area contributed by atoms with Crippen LogP contribution < -0.4 is 11.2 Å². The maximum Gasteiger partial charge on any atom is 0.412 e. The molecule has 5 rings (SSSR count). The maximum atomic E-state index is 13.1. The average molecular weight is 415 g/mol. The number of hydrogen-bond acceptors (Lipinski definition) is 4. The number of fused-ring (bicyclic) bond motifs is 1. The second-order valence-electron chi connectivity index (χ2n) is 7.61. The topological polar surface area (TPSA) is 95.9 Å². The van der Waals surface area contributed by atoms with Crippen molar-refractivity contribution in [2.24, 2.45) is 11.8 Å². The Kier molecular flexibility index (Phi) is 4.05. The monoisotopic (exact) mass is 415 g/mol. The standard InChI is InChI=1S/C20H16F3N5O2/c21-20(22,23)11-3-1-2-10(6-11)12-7-13(12)14-8-16(27-28-5-4-24-17(14)28)15-9-25-19(30)26-18(15)29/h1-5,8-10,12-13H,6-7H2,(H2,25,26,29,30)/t10?,12-,13+/m0/s1. The van der Waals surface area contributed by atoms with Gasteiger partial charge in [0.15, 0.2) is 5.65 Å². The van der Waals surface area contributed by atoms with Crippen LogP contribution in [-0.4, -0.2) is 30.7 Å². The highest BCUT2D eigenvalue weighted by Gasteiger charge is 2.47. The zero-order valence-corrected chi connectivity index (χ0v) is 15.5. The highest BCUT2D eigenvalue weighted by atomic mass is 19.4. The van der Waals surface area contributed by atoms with E-state index in [0.29, 0.717) is 11.3 Å². The average Bonchev–Trinajstić information content (AvgIpc) is 3.35. The highest BCUT2D eigenvalue weighted by molar-refractivity contribution is 5.63. The molecule has 1 saturated carbocycles. The molecule has 1 unspecified atom stereocenters. The lowest BCUT2D eigenvalue weighted by Gasteiger charge is -2.20. The van der Waals surface area contributed by atoms with Gasteiger partial charge in [-0.1, -0.05) is 18.2 Å². The summed E-state index contributed by atoms with van der Waals surface area (Å²) in [5.41, 5.74) is 0.293. The van der Waals surface area contributed by atoms with E-state index in [2.05, 4.69) is 20.1 Å². The zero-order chi connectivity index (χ0) is 21.0. The van der Waals surface area contributed by atoms with Crippen molar-refractivity contribution in [1.82, 2.24) is 24.6 Å². The summed E-state index contributed by atoms with van der Waals surface area (Å²) in [5.74, 6) is -0.141. The van der Waals surface area contributed by atoms with Gasteiger partial charge in [0.2, 0.25) is 0 Å². The lowest BCUT2D eigenvalue weighted by atomic mass is 9.88. The van der Waals surface area contributed by atoms with Crippen LogP contribution in [0.3, 0.4) is 0 Å². The minimum absolute atomic E-state index is 0.0146. The number of nitrogens with zero attached hydrogens (tertiary/aromatic N) is 3. The van der Waals surface area contributed by atoms with Gasteiger partial charge in [-0.25, -0.2) is 14.3 Å². The molecule has 0 spiro atoms. The molecule has 0 amide bonds. The number of imidazole rings is 1. The molecule has 30 heavy (non-hydrogen) atoms. The first kappa shape index (κ1) is 18.6. The summed E-state index contributed by atoms with van der Waals surface area (Å²) in [6, 6.07) is 1.74. The van der Waals surface area contributed by atoms with Crippen molar-refractivity contribution >= 4 is 5.65 Å². The third kappa shape index (κ3) is 3.17. The quantitative estimate of drug-likeness (QED) is 0.688. The van der Waals surface area contributed by atoms with Crippen LogP contribution in [0, 0.1) is 11.8 Å². The number of rotatable bonds is 3. The molecule has 0 bridgehead atoms. The second-order valence-corrected chi connectivity index (χ2v) is 7.61. The lowest BCUT2D eigenvalue weighted by molar-refractivity contribution is -0.0952. The van der Waals surface area contributed by atoms with Crippen molar-refractivity contribution in [3.05, 3.63) is 74.9 Å². The number of hydrogen-bond donors (Lipinski definition) is 2. The van der Waals surface area contributed by atoms with Gasteiger partial charge in [-0.15, -0.1) is 0 Å². The van der Waals surface area contributed by atoms with Crippen LogP contribution in [0.25, 0.3) is 16.9 Å². The number of alkyl halides is 3. The fourth-order valence-corrected chi connectivity index (χ4v) is 4.20. The Bertz CT molecular complexity index is 1310. The molecular formula is C20H16F3N5O2. The second kappa shape index (κ2) is 6.54. The van der Waals surface area contributed by atoms with Crippen LogP contribution >= 0.6 is 0 Å². The molecule has 0 saturated heterocycles. The summed E-state index contributed by atoms with van der Waals surface area (Å²) in [7, 11) is 0. The van der Waals surface area contributed by atoms with Crippen molar-refractivity contribution in [3.8, 4) is 11.3 Å². The molecule has 2 N–H and O–H groups in total. The number of halogens is 3. The molecule has 3 aromatic heterocycles. The van der Waals surface area contributed by atoms with Crippen LogP contribution in [0.5, 0.6) is 0 Å². The van der Waals surface area contributed by atoms with Crippen LogP contribution in [0.4, 0.5) is 13.2 Å². The normalized spacial score (nSPS) is 23.6. The molecule has 3 aromatic rings. The van der Waals surface area contributed by atoms with E-state index in [1.807, 2.05) is 6.08 Å². The lowest BCUT2D eigenvalue weighted by Crippen LogP contribution is -2.23. The number of H-pyrrole nitrogens is 2. The van der Waals surface area contributed by atoms with Gasteiger partial charge >= 0.3 is 11.9 Å². The van der Waals surface area contributed by atoms with Gasteiger partial charge < -0.3 is 4.98 Å². The van der Waals surface area contributed by atoms with E-state index < -0.39 is 23.0 Å². The van der Waals surface area contributed by atoms with E-state index in [4.69, 9.17) is 0 Å². The van der Waals surface area contributed by atoms with E-state index in [9.17, 15) is 22.8 Å². The Balaban J connectivity index is 1.49. The van der Waals surface area contributed by atoms with E-state index in [0.717, 1.165) is 18.1 Å². The molecular weight excluding hydrogens is 399 g/mol. The summed E-state index contributed by atoms with van der Waals surface area (Å²) in [6.07, 6.45) is 5.33. The van der Waals surface area contributed by atoms with E-state index in [1.165, 1.54) is 12.3 Å². The van der Waals surface area contributed by atoms with E-state index in [1.54, 1.807) is 23.0 Å². The molecule has 7 nitrogen and oxygen atoms in total. The Labute approximate surface area is 167 Å².